The van der Waals surface area contributed by atoms with E-state index in [1.807, 2.05) is 0 Å². The quantitative estimate of drug-likeness (QED) is 0.785. The van der Waals surface area contributed by atoms with Crippen molar-refractivity contribution < 1.29 is 18.3 Å². The van der Waals surface area contributed by atoms with Crippen LogP contribution in [-0.4, -0.2) is 23.1 Å². The smallest absolute Gasteiger partial charge is 0.354 e. The summed E-state index contributed by atoms with van der Waals surface area (Å²) < 4.78 is 33.4. The van der Waals surface area contributed by atoms with E-state index in [4.69, 9.17) is 4.74 Å². The van der Waals surface area contributed by atoms with Crippen LogP contribution in [-0.2, 0) is 11.3 Å². The van der Waals surface area contributed by atoms with E-state index >= 15 is 0 Å². The lowest BCUT2D eigenvalue weighted by Crippen LogP contribution is -2.29. The van der Waals surface area contributed by atoms with Crippen LogP contribution in [0.1, 0.15) is 43.1 Å². The fourth-order valence-electron chi connectivity index (χ4n) is 2.67. The zero-order valence-electron chi connectivity index (χ0n) is 11.1. The number of alkyl halides is 2. The molecule has 0 amide bonds. The van der Waals surface area contributed by atoms with Gasteiger partial charge in [-0.2, -0.15) is 0 Å². The number of halogens is 2. The number of nitrogens with zero attached hydrogens (tertiary/aromatic N) is 1. The Labute approximate surface area is 111 Å². The maximum Gasteiger partial charge on any atom is 0.354 e. The largest absolute Gasteiger partial charge is 0.461 e. The molecule has 0 bridgehead atoms. The minimum atomic E-state index is -2.56. The average Bonchev–Trinajstić information content (AvgIpc) is 2.76. The van der Waals surface area contributed by atoms with Crippen molar-refractivity contribution in [3.63, 3.8) is 0 Å². The van der Waals surface area contributed by atoms with E-state index < -0.39 is 11.9 Å². The van der Waals surface area contributed by atoms with E-state index in [2.05, 4.69) is 0 Å². The maximum absolute atomic E-state index is 13.4. The van der Waals surface area contributed by atoms with Gasteiger partial charge in [-0.1, -0.05) is 0 Å². The lowest BCUT2D eigenvalue weighted by Gasteiger charge is -2.29. The summed E-state index contributed by atoms with van der Waals surface area (Å²) in [7, 11) is 0. The number of rotatable bonds is 4. The lowest BCUT2D eigenvalue weighted by atomic mass is 9.86. The third-order valence-electron chi connectivity index (χ3n) is 3.51. The van der Waals surface area contributed by atoms with Crippen molar-refractivity contribution in [2.75, 3.05) is 6.61 Å². The van der Waals surface area contributed by atoms with Crippen LogP contribution in [0.15, 0.2) is 18.3 Å². The molecule has 0 spiro atoms. The number of ether oxygens (including phenoxy) is 1. The molecule has 1 atom stereocenters. The van der Waals surface area contributed by atoms with Gasteiger partial charge in [0.1, 0.15) is 5.69 Å². The molecule has 0 aliphatic heterocycles. The third-order valence-corrected chi connectivity index (χ3v) is 3.51. The van der Waals surface area contributed by atoms with Crippen molar-refractivity contribution in [3.8, 4) is 0 Å². The number of hydrogen-bond acceptors (Lipinski definition) is 2. The summed E-state index contributed by atoms with van der Waals surface area (Å²) in [5, 5.41) is 0. The van der Waals surface area contributed by atoms with Crippen molar-refractivity contribution in [2.45, 2.75) is 45.1 Å². The van der Waals surface area contributed by atoms with Gasteiger partial charge in [-0.05, 0) is 37.8 Å². The molecule has 1 aromatic heterocycles. The Balaban J connectivity index is 2.03. The Kier molecular flexibility index (Phi) is 4.22. The van der Waals surface area contributed by atoms with Gasteiger partial charge in [0.25, 0.3) is 0 Å². The summed E-state index contributed by atoms with van der Waals surface area (Å²) >= 11 is 0. The zero-order chi connectivity index (χ0) is 13.9. The molecule has 106 valence electrons. The third kappa shape index (κ3) is 3.55. The van der Waals surface area contributed by atoms with Crippen molar-refractivity contribution in [2.24, 2.45) is 5.92 Å². The maximum atomic E-state index is 13.4. The van der Waals surface area contributed by atoms with E-state index in [1.165, 1.54) is 0 Å². The van der Waals surface area contributed by atoms with Gasteiger partial charge in [0.05, 0.1) is 6.61 Å². The Morgan fingerprint density at radius 2 is 2.37 bits per heavy atom. The molecule has 2 rings (SSSR count). The summed E-state index contributed by atoms with van der Waals surface area (Å²) in [5.74, 6) is -3.03. The van der Waals surface area contributed by atoms with Gasteiger partial charge in [0.15, 0.2) is 0 Å². The van der Waals surface area contributed by atoms with Crippen LogP contribution in [0.3, 0.4) is 0 Å². The van der Waals surface area contributed by atoms with Crippen LogP contribution >= 0.6 is 0 Å². The van der Waals surface area contributed by atoms with E-state index in [1.54, 1.807) is 29.8 Å². The highest BCUT2D eigenvalue weighted by molar-refractivity contribution is 5.87. The van der Waals surface area contributed by atoms with Crippen molar-refractivity contribution in [3.05, 3.63) is 24.0 Å². The van der Waals surface area contributed by atoms with Gasteiger partial charge < -0.3 is 9.30 Å². The van der Waals surface area contributed by atoms with Crippen molar-refractivity contribution in [1.82, 2.24) is 4.57 Å². The van der Waals surface area contributed by atoms with Crippen molar-refractivity contribution in [1.29, 1.82) is 0 Å². The van der Waals surface area contributed by atoms with E-state index in [0.717, 1.165) is 6.42 Å². The molecular weight excluding hydrogens is 252 g/mol. The van der Waals surface area contributed by atoms with Crippen LogP contribution in [0, 0.1) is 5.92 Å². The van der Waals surface area contributed by atoms with Crippen molar-refractivity contribution >= 4 is 5.97 Å². The second kappa shape index (κ2) is 5.72. The van der Waals surface area contributed by atoms with Gasteiger partial charge in [-0.3, -0.25) is 0 Å². The highest BCUT2D eigenvalue weighted by Crippen LogP contribution is 2.37. The van der Waals surface area contributed by atoms with E-state index in [0.29, 0.717) is 25.3 Å². The van der Waals surface area contributed by atoms with Gasteiger partial charge in [-0.25, -0.2) is 13.6 Å². The molecule has 19 heavy (non-hydrogen) atoms. The fraction of sp³-hybridized carbons (Fsp3) is 0.643. The monoisotopic (exact) mass is 271 g/mol. The minimum absolute atomic E-state index is 0.0140. The second-order valence-corrected chi connectivity index (χ2v) is 5.08. The molecule has 1 aliphatic carbocycles. The Bertz CT molecular complexity index is 442. The summed E-state index contributed by atoms with van der Waals surface area (Å²) in [6.45, 7) is 2.51. The number of carbonyl (C=O) groups excluding carboxylic acids is 1. The summed E-state index contributed by atoms with van der Waals surface area (Å²) in [4.78, 5) is 11.7. The van der Waals surface area contributed by atoms with E-state index in [-0.39, 0.29) is 18.8 Å². The topological polar surface area (TPSA) is 31.2 Å². The second-order valence-electron chi connectivity index (χ2n) is 5.08. The Morgan fingerprint density at radius 3 is 3.05 bits per heavy atom. The Hall–Kier alpha value is -1.39. The molecule has 1 fully saturated rings. The van der Waals surface area contributed by atoms with E-state index in [9.17, 15) is 13.6 Å². The molecule has 1 saturated carbocycles. The first-order chi connectivity index (χ1) is 9.02. The SMILES string of the molecule is CCOC(=O)c1cccn1CC1CCCC(F)(F)C1. The highest BCUT2D eigenvalue weighted by atomic mass is 19.3. The van der Waals surface area contributed by atoms with Crippen LogP contribution < -0.4 is 0 Å². The highest BCUT2D eigenvalue weighted by Gasteiger charge is 2.36. The van der Waals surface area contributed by atoms with Gasteiger partial charge in [-0.15, -0.1) is 0 Å². The first kappa shape index (κ1) is 14.0. The predicted molar refractivity (Wildman–Crippen MR) is 67.3 cm³/mol. The molecule has 1 aromatic rings. The van der Waals surface area contributed by atoms with Crippen LogP contribution in [0.25, 0.3) is 0 Å². The summed E-state index contributed by atoms with van der Waals surface area (Å²) in [5.41, 5.74) is 0.440. The molecule has 1 aliphatic rings. The zero-order valence-corrected chi connectivity index (χ0v) is 11.1. The first-order valence-corrected chi connectivity index (χ1v) is 6.72. The number of aromatic nitrogens is 1. The molecule has 5 heteroatoms. The standard InChI is InChI=1S/C14H19F2NO2/c1-2-19-13(18)12-6-4-8-17(12)10-11-5-3-7-14(15,16)9-11/h4,6,8,11H,2-3,5,7,9-10H2,1H3. The summed E-state index contributed by atoms with van der Waals surface area (Å²) in [6, 6.07) is 3.41. The van der Waals surface area contributed by atoms with Gasteiger partial charge in [0, 0.05) is 25.6 Å². The number of esters is 1. The normalized spacial score (nSPS) is 22.2. The van der Waals surface area contributed by atoms with Crippen LogP contribution in [0.2, 0.25) is 0 Å². The lowest BCUT2D eigenvalue weighted by molar-refractivity contribution is -0.0547. The molecule has 1 unspecified atom stereocenters. The fourth-order valence-corrected chi connectivity index (χ4v) is 2.67. The molecule has 0 aromatic carbocycles. The van der Waals surface area contributed by atoms with Gasteiger partial charge in [0.2, 0.25) is 5.92 Å². The molecule has 0 saturated heterocycles. The number of carbonyl (C=O) groups is 1. The molecule has 3 nitrogen and oxygen atoms in total. The first-order valence-electron chi connectivity index (χ1n) is 6.72. The van der Waals surface area contributed by atoms with Crippen LogP contribution in [0.5, 0.6) is 0 Å². The van der Waals surface area contributed by atoms with Crippen LogP contribution in [0.4, 0.5) is 8.78 Å². The average molecular weight is 271 g/mol. The predicted octanol–water partition coefficient (Wildman–Crippen LogP) is 3.49. The van der Waals surface area contributed by atoms with Gasteiger partial charge >= 0.3 is 5.97 Å². The Morgan fingerprint density at radius 1 is 1.58 bits per heavy atom. The molecule has 1 heterocycles. The molecule has 0 radical (unpaired) electrons. The summed E-state index contributed by atoms with van der Waals surface area (Å²) in [6.07, 6.45) is 2.98. The number of hydrogen-bond donors (Lipinski definition) is 0. The minimum Gasteiger partial charge on any atom is -0.461 e. The molecule has 0 N–H and O–H groups in total. The molecular formula is C14H19F2NO2.